The molecule has 114 valence electrons. The molecule has 4 nitrogen and oxygen atoms in total. The monoisotopic (exact) mass is 391 g/mol. The number of hydrogen-bond donors (Lipinski definition) is 4. The summed E-state index contributed by atoms with van der Waals surface area (Å²) in [5, 5.41) is 22.7. The Labute approximate surface area is 131 Å². The van der Waals surface area contributed by atoms with Gasteiger partial charge in [-0.1, -0.05) is 0 Å². The van der Waals surface area contributed by atoms with E-state index in [1.165, 1.54) is 0 Å². The molecule has 0 heterocycles. The van der Waals surface area contributed by atoms with Gasteiger partial charge < -0.3 is 0 Å². The number of anilines is 1. The molecule has 0 aromatic heterocycles. The minimum atomic E-state index is -0.457. The molecule has 1 aromatic rings. The molecule has 5 heteroatoms. The van der Waals surface area contributed by atoms with Crippen LogP contribution in [0.15, 0.2) is 30.3 Å². The molecule has 1 saturated carbocycles. The predicted molar refractivity (Wildman–Crippen MR) is 76.6 cm³/mol. The fourth-order valence-corrected chi connectivity index (χ4v) is 4.88. The van der Waals surface area contributed by atoms with Gasteiger partial charge in [0, 0.05) is 0 Å². The summed E-state index contributed by atoms with van der Waals surface area (Å²) in [7, 11) is 0. The molecule has 1 aliphatic carbocycles. The van der Waals surface area contributed by atoms with Crippen LogP contribution in [-0.2, 0) is 0 Å². The molecule has 20 heavy (non-hydrogen) atoms. The first-order valence-electron chi connectivity index (χ1n) is 7.21. The first-order chi connectivity index (χ1) is 9.65. The molecule has 0 aliphatic heterocycles. The molecular weight excluding hydrogens is 367 g/mol. The molecule has 2 rings (SSSR count). The number of benzene rings is 1. The van der Waals surface area contributed by atoms with Crippen LogP contribution in [0.5, 0.6) is 0 Å². The Bertz CT molecular complexity index is 381. The molecule has 0 spiro atoms. The molecule has 2 atom stereocenters. The average molecular weight is 391 g/mol. The van der Waals surface area contributed by atoms with Crippen molar-refractivity contribution < 1.29 is 31.7 Å². The van der Waals surface area contributed by atoms with Crippen molar-refractivity contribution in [3.63, 3.8) is 0 Å². The molecule has 0 amide bonds. The number of aliphatic hydroxyl groups excluding tert-OH is 2. The van der Waals surface area contributed by atoms with Gasteiger partial charge in [0.2, 0.25) is 0 Å². The van der Waals surface area contributed by atoms with Crippen molar-refractivity contribution in [2.24, 2.45) is 5.92 Å². The normalized spacial score (nSPS) is 26.1. The summed E-state index contributed by atoms with van der Waals surface area (Å²) in [6.45, 7) is 1.78. The second-order valence-electron chi connectivity index (χ2n) is 5.36. The second-order valence-corrected chi connectivity index (χ2v) is 8.37. The van der Waals surface area contributed by atoms with E-state index in [4.69, 9.17) is 0 Å². The van der Waals surface area contributed by atoms with Crippen LogP contribution in [0.4, 0.5) is 5.69 Å². The Hall–Kier alpha value is -0.370. The summed E-state index contributed by atoms with van der Waals surface area (Å²) in [5.74, 6) is 0.335. The van der Waals surface area contributed by atoms with Crippen LogP contribution >= 0.6 is 0 Å². The SMILES string of the molecule is CC(O)N[I-]C1CCC([C@H](O)Nc2ccccc2)CC1. The third-order valence-corrected chi connectivity index (χ3v) is 7.00. The van der Waals surface area contributed by atoms with Crippen molar-refractivity contribution >= 4 is 5.69 Å². The molecular formula is C15H24IN2O2-. The molecule has 1 fully saturated rings. The van der Waals surface area contributed by atoms with Gasteiger partial charge in [-0.05, 0) is 0 Å². The summed E-state index contributed by atoms with van der Waals surface area (Å²) >= 11 is -0.127. The van der Waals surface area contributed by atoms with E-state index in [-0.39, 0.29) is 27.7 Å². The van der Waals surface area contributed by atoms with Crippen molar-refractivity contribution in [2.45, 2.75) is 49.0 Å². The minimum absolute atomic E-state index is 0.127. The Morgan fingerprint density at radius 3 is 2.35 bits per heavy atom. The van der Waals surface area contributed by atoms with E-state index < -0.39 is 6.23 Å². The Morgan fingerprint density at radius 1 is 1.10 bits per heavy atom. The van der Waals surface area contributed by atoms with Gasteiger partial charge in [0.15, 0.2) is 0 Å². The predicted octanol–water partition coefficient (Wildman–Crippen LogP) is -1.09. The first kappa shape index (κ1) is 16.0. The van der Waals surface area contributed by atoms with Crippen LogP contribution in [0.3, 0.4) is 0 Å². The van der Waals surface area contributed by atoms with E-state index in [1.54, 1.807) is 6.92 Å². The Kier molecular flexibility index (Phi) is 6.54. The standard InChI is InChI=1S/C15H24IN2O2/c1-11(19)18-16-13-9-7-12(8-10-13)15(20)17-14-5-3-2-4-6-14/h2-6,11-13,15,17-20H,7-10H2,1H3/q-1/t11?,12?,13?,15-/m0/s1. The fourth-order valence-electron chi connectivity index (χ4n) is 2.51. The molecule has 0 bridgehead atoms. The number of alkyl halides is 1. The average Bonchev–Trinajstić information content (AvgIpc) is 2.46. The van der Waals surface area contributed by atoms with Gasteiger partial charge in [0.25, 0.3) is 0 Å². The third kappa shape index (κ3) is 5.20. The summed E-state index contributed by atoms with van der Waals surface area (Å²) in [6, 6.07) is 9.87. The van der Waals surface area contributed by atoms with Gasteiger partial charge in [-0.2, -0.15) is 0 Å². The Morgan fingerprint density at radius 2 is 1.75 bits per heavy atom. The maximum atomic E-state index is 10.3. The van der Waals surface area contributed by atoms with E-state index in [9.17, 15) is 10.2 Å². The van der Waals surface area contributed by atoms with Crippen molar-refractivity contribution in [1.82, 2.24) is 3.53 Å². The van der Waals surface area contributed by atoms with Gasteiger partial charge in [0.05, 0.1) is 0 Å². The molecule has 1 aromatic carbocycles. The van der Waals surface area contributed by atoms with Gasteiger partial charge in [-0.25, -0.2) is 0 Å². The number of rotatable bonds is 6. The Balaban J connectivity index is 1.73. The maximum absolute atomic E-state index is 10.3. The topological polar surface area (TPSA) is 64.5 Å². The van der Waals surface area contributed by atoms with Crippen molar-refractivity contribution in [3.8, 4) is 0 Å². The number of para-hydroxylation sites is 1. The van der Waals surface area contributed by atoms with E-state index in [0.717, 1.165) is 35.3 Å². The second kappa shape index (κ2) is 8.17. The van der Waals surface area contributed by atoms with Crippen LogP contribution in [0.2, 0.25) is 0 Å². The van der Waals surface area contributed by atoms with Crippen molar-refractivity contribution in [1.29, 1.82) is 0 Å². The summed E-state index contributed by atoms with van der Waals surface area (Å²) in [4.78, 5) is 0. The number of hydrogen-bond acceptors (Lipinski definition) is 4. The third-order valence-electron chi connectivity index (χ3n) is 3.61. The van der Waals surface area contributed by atoms with Gasteiger partial charge in [0.1, 0.15) is 0 Å². The van der Waals surface area contributed by atoms with Crippen molar-refractivity contribution in [3.05, 3.63) is 30.3 Å². The summed E-state index contributed by atoms with van der Waals surface area (Å²) < 4.78 is 3.91. The summed E-state index contributed by atoms with van der Waals surface area (Å²) in [5.41, 5.74) is 0.977. The molecule has 0 radical (unpaired) electrons. The zero-order chi connectivity index (χ0) is 14.4. The van der Waals surface area contributed by atoms with Crippen LogP contribution in [0.25, 0.3) is 0 Å². The molecule has 0 saturated heterocycles. The van der Waals surface area contributed by atoms with Gasteiger partial charge >= 0.3 is 131 Å². The molecule has 1 aliphatic rings. The summed E-state index contributed by atoms with van der Waals surface area (Å²) in [6.07, 6.45) is 3.60. The van der Waals surface area contributed by atoms with E-state index >= 15 is 0 Å². The van der Waals surface area contributed by atoms with Crippen LogP contribution in [-0.4, -0.2) is 26.6 Å². The quantitative estimate of drug-likeness (QED) is 0.215. The fraction of sp³-hybridized carbons (Fsp3) is 0.600. The van der Waals surface area contributed by atoms with Gasteiger partial charge in [-0.15, -0.1) is 0 Å². The van der Waals surface area contributed by atoms with Crippen molar-refractivity contribution in [2.75, 3.05) is 5.32 Å². The number of aliphatic hydroxyl groups is 2. The van der Waals surface area contributed by atoms with Gasteiger partial charge in [-0.3, -0.25) is 0 Å². The zero-order valence-corrected chi connectivity index (χ0v) is 14.0. The first-order valence-corrected chi connectivity index (χ1v) is 9.53. The van der Waals surface area contributed by atoms with Crippen LogP contribution in [0.1, 0.15) is 32.6 Å². The molecule has 1 unspecified atom stereocenters. The van der Waals surface area contributed by atoms with E-state index in [2.05, 4.69) is 8.85 Å². The van der Waals surface area contributed by atoms with Crippen LogP contribution in [0, 0.1) is 5.92 Å². The van der Waals surface area contributed by atoms with E-state index in [0.29, 0.717) is 5.92 Å². The molecule has 4 N–H and O–H groups in total. The zero-order valence-electron chi connectivity index (χ0n) is 11.8. The van der Waals surface area contributed by atoms with E-state index in [1.807, 2.05) is 30.3 Å². The number of halogens is 1. The van der Waals surface area contributed by atoms with Crippen LogP contribution < -0.4 is 30.3 Å². The number of nitrogens with one attached hydrogen (secondary N) is 2.